The van der Waals surface area contributed by atoms with E-state index in [1.165, 1.54) is 0 Å². The minimum absolute atomic E-state index is 0.0688. The van der Waals surface area contributed by atoms with Crippen LogP contribution < -0.4 is 10.6 Å². The van der Waals surface area contributed by atoms with Gasteiger partial charge in [-0.2, -0.15) is 0 Å². The van der Waals surface area contributed by atoms with Gasteiger partial charge in [0.05, 0.1) is 5.60 Å². The predicted molar refractivity (Wildman–Crippen MR) is 91.6 cm³/mol. The number of aliphatic imine (C=N–C) groups is 1. The molecule has 1 unspecified atom stereocenters. The van der Waals surface area contributed by atoms with Gasteiger partial charge in [-0.05, 0) is 19.8 Å². The van der Waals surface area contributed by atoms with Gasteiger partial charge < -0.3 is 20.3 Å². The van der Waals surface area contributed by atoms with E-state index in [0.717, 1.165) is 71.2 Å². The third-order valence-corrected chi connectivity index (χ3v) is 4.69. The maximum absolute atomic E-state index is 11.3. The Morgan fingerprint density at radius 2 is 2.00 bits per heavy atom. The predicted octanol–water partition coefficient (Wildman–Crippen LogP) is -0.115. The Balaban J connectivity index is 1.61. The number of carbonyl (C=O) groups excluding carboxylic acids is 1. The summed E-state index contributed by atoms with van der Waals surface area (Å²) in [6.07, 6.45) is 2.23. The van der Waals surface area contributed by atoms with Crippen molar-refractivity contribution in [3.63, 3.8) is 0 Å². The van der Waals surface area contributed by atoms with E-state index in [2.05, 4.69) is 27.4 Å². The van der Waals surface area contributed by atoms with Gasteiger partial charge in [0.25, 0.3) is 0 Å². The molecule has 2 rings (SSSR count). The van der Waals surface area contributed by atoms with E-state index in [0.29, 0.717) is 0 Å². The number of guanidine groups is 1. The lowest BCUT2D eigenvalue weighted by Crippen LogP contribution is -2.51. The van der Waals surface area contributed by atoms with Crippen molar-refractivity contribution in [3.05, 3.63) is 0 Å². The number of amides is 1. The molecule has 0 aliphatic carbocycles. The first-order valence-corrected chi connectivity index (χ1v) is 8.59. The van der Waals surface area contributed by atoms with Crippen LogP contribution in [0.4, 0.5) is 0 Å². The van der Waals surface area contributed by atoms with Crippen LogP contribution in [0.3, 0.4) is 0 Å². The summed E-state index contributed by atoms with van der Waals surface area (Å²) in [7, 11) is 1.79. The van der Waals surface area contributed by atoms with Crippen LogP contribution in [0.1, 0.15) is 26.7 Å². The molecule has 2 N–H and O–H groups in total. The lowest BCUT2D eigenvalue weighted by Gasteiger charge is -2.34. The second-order valence-corrected chi connectivity index (χ2v) is 6.60. The number of ether oxygens (including phenoxy) is 1. The molecule has 2 fully saturated rings. The van der Waals surface area contributed by atoms with Gasteiger partial charge >= 0.3 is 0 Å². The molecule has 7 heteroatoms. The second-order valence-electron chi connectivity index (χ2n) is 6.60. The summed E-state index contributed by atoms with van der Waals surface area (Å²) in [5, 5.41) is 6.71. The van der Waals surface area contributed by atoms with Crippen molar-refractivity contribution in [2.24, 2.45) is 4.99 Å². The minimum Gasteiger partial charge on any atom is -0.373 e. The first kappa shape index (κ1) is 18.0. The summed E-state index contributed by atoms with van der Waals surface area (Å²) < 4.78 is 5.78. The second kappa shape index (κ2) is 8.49. The zero-order valence-corrected chi connectivity index (χ0v) is 14.7. The van der Waals surface area contributed by atoms with Crippen LogP contribution in [0.2, 0.25) is 0 Å². The molecule has 0 aromatic carbocycles. The molecule has 2 aliphatic heterocycles. The lowest BCUT2D eigenvalue weighted by atomic mass is 10.0. The SMILES string of the molecule is CN=C(NCCN1CCN(C(C)=O)CC1)NCC1(C)CCCO1. The van der Waals surface area contributed by atoms with Crippen molar-refractivity contribution < 1.29 is 9.53 Å². The van der Waals surface area contributed by atoms with Gasteiger partial charge in [0, 0.05) is 66.4 Å². The zero-order chi connectivity index (χ0) is 16.7. The Morgan fingerprint density at radius 3 is 2.57 bits per heavy atom. The average Bonchev–Trinajstić information content (AvgIpc) is 2.98. The van der Waals surface area contributed by atoms with E-state index in [1.807, 2.05) is 4.90 Å². The molecule has 2 aliphatic rings. The molecule has 7 nitrogen and oxygen atoms in total. The van der Waals surface area contributed by atoms with Crippen LogP contribution in [-0.4, -0.2) is 86.7 Å². The van der Waals surface area contributed by atoms with E-state index in [4.69, 9.17) is 4.74 Å². The Morgan fingerprint density at radius 1 is 1.26 bits per heavy atom. The third kappa shape index (κ3) is 5.66. The number of hydrogen-bond donors (Lipinski definition) is 2. The largest absolute Gasteiger partial charge is 0.373 e. The van der Waals surface area contributed by atoms with Crippen LogP contribution in [0, 0.1) is 0 Å². The maximum Gasteiger partial charge on any atom is 0.219 e. The molecule has 0 spiro atoms. The first-order valence-electron chi connectivity index (χ1n) is 8.59. The van der Waals surface area contributed by atoms with Crippen molar-refractivity contribution in [1.29, 1.82) is 0 Å². The molecule has 23 heavy (non-hydrogen) atoms. The van der Waals surface area contributed by atoms with E-state index in [9.17, 15) is 4.79 Å². The highest BCUT2D eigenvalue weighted by Gasteiger charge is 2.29. The van der Waals surface area contributed by atoms with Gasteiger partial charge in [-0.15, -0.1) is 0 Å². The minimum atomic E-state index is -0.0688. The number of nitrogens with zero attached hydrogens (tertiary/aromatic N) is 3. The van der Waals surface area contributed by atoms with Crippen molar-refractivity contribution in [2.75, 3.05) is 59.5 Å². The Labute approximate surface area is 139 Å². The molecule has 1 amide bonds. The Bertz CT molecular complexity index is 413. The fourth-order valence-corrected chi connectivity index (χ4v) is 3.09. The van der Waals surface area contributed by atoms with Crippen molar-refractivity contribution >= 4 is 11.9 Å². The number of nitrogens with one attached hydrogen (secondary N) is 2. The molecule has 0 bridgehead atoms. The highest BCUT2D eigenvalue weighted by molar-refractivity contribution is 5.79. The highest BCUT2D eigenvalue weighted by atomic mass is 16.5. The topological polar surface area (TPSA) is 69.2 Å². The third-order valence-electron chi connectivity index (χ3n) is 4.69. The average molecular weight is 325 g/mol. The molecule has 1 atom stereocenters. The van der Waals surface area contributed by atoms with Gasteiger partial charge in [-0.1, -0.05) is 0 Å². The summed E-state index contributed by atoms with van der Waals surface area (Å²) in [4.78, 5) is 19.9. The molecule has 0 aromatic heterocycles. The zero-order valence-electron chi connectivity index (χ0n) is 14.7. The van der Waals surface area contributed by atoms with Gasteiger partial charge in [-0.3, -0.25) is 14.7 Å². The highest BCUT2D eigenvalue weighted by Crippen LogP contribution is 2.23. The summed E-state index contributed by atoms with van der Waals surface area (Å²) >= 11 is 0. The summed E-state index contributed by atoms with van der Waals surface area (Å²) in [5.41, 5.74) is -0.0688. The molecular formula is C16H31N5O2. The van der Waals surface area contributed by atoms with Crippen molar-refractivity contribution in [3.8, 4) is 0 Å². The van der Waals surface area contributed by atoms with E-state index in [-0.39, 0.29) is 11.5 Å². The summed E-state index contributed by atoms with van der Waals surface area (Å²) in [6.45, 7) is 10.8. The molecule has 0 aromatic rings. The quantitative estimate of drug-likeness (QED) is 0.545. The van der Waals surface area contributed by atoms with Gasteiger partial charge in [0.15, 0.2) is 5.96 Å². The van der Waals surface area contributed by atoms with E-state index < -0.39 is 0 Å². The van der Waals surface area contributed by atoms with Gasteiger partial charge in [0.1, 0.15) is 0 Å². The summed E-state index contributed by atoms with van der Waals surface area (Å²) in [6, 6.07) is 0. The van der Waals surface area contributed by atoms with Crippen LogP contribution in [0.15, 0.2) is 4.99 Å². The lowest BCUT2D eigenvalue weighted by molar-refractivity contribution is -0.130. The molecule has 2 heterocycles. The van der Waals surface area contributed by atoms with Crippen molar-refractivity contribution in [2.45, 2.75) is 32.3 Å². The fraction of sp³-hybridized carbons (Fsp3) is 0.875. The smallest absolute Gasteiger partial charge is 0.219 e. The molecule has 0 radical (unpaired) electrons. The van der Waals surface area contributed by atoms with Crippen LogP contribution in [0.25, 0.3) is 0 Å². The number of hydrogen-bond acceptors (Lipinski definition) is 4. The van der Waals surface area contributed by atoms with Crippen LogP contribution >= 0.6 is 0 Å². The molecule has 0 saturated carbocycles. The van der Waals surface area contributed by atoms with Crippen molar-refractivity contribution in [1.82, 2.24) is 20.4 Å². The van der Waals surface area contributed by atoms with Crippen LogP contribution in [-0.2, 0) is 9.53 Å². The van der Waals surface area contributed by atoms with Gasteiger partial charge in [-0.25, -0.2) is 0 Å². The molecule has 2 saturated heterocycles. The van der Waals surface area contributed by atoms with Crippen LogP contribution in [0.5, 0.6) is 0 Å². The number of carbonyl (C=O) groups is 1. The first-order chi connectivity index (χ1) is 11.0. The fourth-order valence-electron chi connectivity index (χ4n) is 3.09. The summed E-state index contributed by atoms with van der Waals surface area (Å²) in [5.74, 6) is 0.999. The molecular weight excluding hydrogens is 294 g/mol. The maximum atomic E-state index is 11.3. The molecule has 132 valence electrons. The van der Waals surface area contributed by atoms with E-state index >= 15 is 0 Å². The number of piperazine rings is 1. The van der Waals surface area contributed by atoms with Gasteiger partial charge in [0.2, 0.25) is 5.91 Å². The monoisotopic (exact) mass is 325 g/mol. The number of rotatable bonds is 5. The Hall–Kier alpha value is -1.34. The normalized spacial score (nSPS) is 26.4. The standard InChI is InChI=1S/C16H31N5O2/c1-14(22)21-10-8-20(9-11-21)7-6-18-15(17-3)19-13-16(2)5-4-12-23-16/h4-13H2,1-3H3,(H2,17,18,19). The Kier molecular flexibility index (Phi) is 6.65. The van der Waals surface area contributed by atoms with E-state index in [1.54, 1.807) is 14.0 Å².